The Labute approximate surface area is 149 Å². The second-order valence-electron chi connectivity index (χ2n) is 7.00. The van der Waals surface area contributed by atoms with Crippen LogP contribution in [0.4, 0.5) is 0 Å². The summed E-state index contributed by atoms with van der Waals surface area (Å²) in [7, 11) is 3.70. The number of rotatable bonds is 6. The molecule has 2 fully saturated rings. The highest BCUT2D eigenvalue weighted by Crippen LogP contribution is 2.47. The van der Waals surface area contributed by atoms with Crippen LogP contribution in [0.3, 0.4) is 0 Å². The minimum Gasteiger partial charge on any atom is -0.496 e. The molecule has 1 aliphatic carbocycles. The van der Waals surface area contributed by atoms with Gasteiger partial charge in [0.15, 0.2) is 0 Å². The first-order chi connectivity index (χ1) is 12.1. The fourth-order valence-electron chi connectivity index (χ4n) is 3.36. The van der Waals surface area contributed by atoms with Gasteiger partial charge in [-0.15, -0.1) is 0 Å². The normalized spacial score (nSPS) is 19.4. The second-order valence-corrected chi connectivity index (χ2v) is 7.00. The molecular weight excluding hydrogens is 318 g/mol. The van der Waals surface area contributed by atoms with Gasteiger partial charge in [0.2, 0.25) is 11.8 Å². The summed E-state index contributed by atoms with van der Waals surface area (Å²) < 4.78 is 5.33. The molecule has 2 aliphatic rings. The summed E-state index contributed by atoms with van der Waals surface area (Å²) in [6.07, 6.45) is 2.02. The molecule has 0 radical (unpaired) electrons. The number of hydrogen-bond acceptors (Lipinski definition) is 4. The molecule has 1 heterocycles. The molecule has 136 valence electrons. The lowest BCUT2D eigenvalue weighted by Gasteiger charge is -2.34. The minimum atomic E-state index is -0.809. The number of hydrogen-bond donors (Lipinski definition) is 1. The van der Waals surface area contributed by atoms with E-state index in [1.807, 2.05) is 29.2 Å². The van der Waals surface area contributed by atoms with Gasteiger partial charge in [-0.1, -0.05) is 18.2 Å². The maximum atomic E-state index is 12.8. The summed E-state index contributed by atoms with van der Waals surface area (Å²) in [6, 6.07) is 7.79. The van der Waals surface area contributed by atoms with Crippen LogP contribution in [-0.4, -0.2) is 68.5 Å². The first kappa shape index (κ1) is 17.7. The van der Waals surface area contributed by atoms with Gasteiger partial charge in [-0.05, 0) is 37.9 Å². The molecule has 6 heteroatoms. The van der Waals surface area contributed by atoms with Crippen molar-refractivity contribution in [2.45, 2.75) is 19.3 Å². The van der Waals surface area contributed by atoms with Crippen molar-refractivity contribution in [3.8, 4) is 5.75 Å². The molecule has 0 unspecified atom stereocenters. The number of carbonyl (C=O) groups is 2. The zero-order valence-corrected chi connectivity index (χ0v) is 15.1. The molecule has 0 spiro atoms. The van der Waals surface area contributed by atoms with Crippen LogP contribution in [0.2, 0.25) is 0 Å². The second kappa shape index (κ2) is 7.44. The Balaban J connectivity index is 1.53. The third-order valence-corrected chi connectivity index (χ3v) is 5.26. The van der Waals surface area contributed by atoms with Crippen LogP contribution in [0.25, 0.3) is 0 Å². The lowest BCUT2D eigenvalue weighted by atomic mass is 10.0. The molecule has 0 bridgehead atoms. The lowest BCUT2D eigenvalue weighted by Crippen LogP contribution is -2.52. The van der Waals surface area contributed by atoms with Crippen molar-refractivity contribution >= 4 is 11.8 Å². The van der Waals surface area contributed by atoms with Gasteiger partial charge in [-0.25, -0.2) is 0 Å². The number of benzene rings is 1. The summed E-state index contributed by atoms with van der Waals surface area (Å²) in [5, 5.41) is 2.96. The maximum absolute atomic E-state index is 12.8. The Morgan fingerprint density at radius 3 is 2.48 bits per heavy atom. The van der Waals surface area contributed by atoms with Crippen molar-refractivity contribution in [3.63, 3.8) is 0 Å². The Morgan fingerprint density at radius 2 is 1.84 bits per heavy atom. The number of likely N-dealkylation sites (N-methyl/N-ethyl adjacent to an activating group) is 1. The van der Waals surface area contributed by atoms with Gasteiger partial charge in [0.25, 0.3) is 0 Å². The number of ether oxygens (including phenoxy) is 1. The van der Waals surface area contributed by atoms with Crippen LogP contribution < -0.4 is 10.1 Å². The van der Waals surface area contributed by atoms with Gasteiger partial charge >= 0.3 is 0 Å². The molecule has 1 aliphatic heterocycles. The molecule has 3 rings (SSSR count). The van der Waals surface area contributed by atoms with E-state index in [1.54, 1.807) is 7.11 Å². The standard InChI is InChI=1S/C19H27N3O3/c1-21-11-13-22(14-12-21)18(24)19(8-9-19)17(23)20-10-7-15-5-3-4-6-16(15)25-2/h3-6H,7-14H2,1-2H3,(H,20,23). The number of piperazine rings is 1. The summed E-state index contributed by atoms with van der Waals surface area (Å²) >= 11 is 0. The van der Waals surface area contributed by atoms with Crippen molar-refractivity contribution in [2.24, 2.45) is 5.41 Å². The Kier molecular flexibility index (Phi) is 5.27. The zero-order chi connectivity index (χ0) is 17.9. The summed E-state index contributed by atoms with van der Waals surface area (Å²) in [4.78, 5) is 29.5. The molecule has 1 saturated carbocycles. The lowest BCUT2D eigenvalue weighted by molar-refractivity contribution is -0.145. The molecule has 25 heavy (non-hydrogen) atoms. The number of carbonyl (C=O) groups excluding carboxylic acids is 2. The first-order valence-electron chi connectivity index (χ1n) is 8.95. The highest BCUT2D eigenvalue weighted by Gasteiger charge is 2.57. The van der Waals surface area contributed by atoms with Crippen LogP contribution >= 0.6 is 0 Å². The van der Waals surface area contributed by atoms with E-state index in [4.69, 9.17) is 4.74 Å². The molecule has 2 amide bonds. The monoisotopic (exact) mass is 345 g/mol. The first-order valence-corrected chi connectivity index (χ1v) is 8.95. The number of nitrogens with one attached hydrogen (secondary N) is 1. The summed E-state index contributed by atoms with van der Waals surface area (Å²) in [5.74, 6) is 0.716. The van der Waals surface area contributed by atoms with Gasteiger partial charge < -0.3 is 19.9 Å². The Bertz CT molecular complexity index is 635. The van der Waals surface area contributed by atoms with Gasteiger partial charge in [-0.2, -0.15) is 0 Å². The van der Waals surface area contributed by atoms with Gasteiger partial charge in [0.05, 0.1) is 7.11 Å². The predicted octanol–water partition coefficient (Wildman–Crippen LogP) is 0.908. The van der Waals surface area contributed by atoms with E-state index < -0.39 is 5.41 Å². The van der Waals surface area contributed by atoms with Crippen LogP contribution in [0.1, 0.15) is 18.4 Å². The van der Waals surface area contributed by atoms with Gasteiger partial charge in [0, 0.05) is 32.7 Å². The van der Waals surface area contributed by atoms with Crippen LogP contribution in [0.5, 0.6) is 5.75 Å². The average molecular weight is 345 g/mol. The third kappa shape index (κ3) is 3.79. The molecule has 1 saturated heterocycles. The molecule has 6 nitrogen and oxygen atoms in total. The van der Waals surface area contributed by atoms with Crippen molar-refractivity contribution in [1.29, 1.82) is 0 Å². The highest BCUT2D eigenvalue weighted by molar-refractivity contribution is 6.07. The van der Waals surface area contributed by atoms with Crippen molar-refractivity contribution < 1.29 is 14.3 Å². The van der Waals surface area contributed by atoms with E-state index in [-0.39, 0.29) is 11.8 Å². The minimum absolute atomic E-state index is 0.00962. The van der Waals surface area contributed by atoms with Crippen molar-refractivity contribution in [2.75, 3.05) is 46.9 Å². The maximum Gasteiger partial charge on any atom is 0.238 e. The quantitative estimate of drug-likeness (QED) is 0.779. The van der Waals surface area contributed by atoms with E-state index in [9.17, 15) is 9.59 Å². The SMILES string of the molecule is COc1ccccc1CCNC(=O)C1(C(=O)N2CCN(C)CC2)CC1. The largest absolute Gasteiger partial charge is 0.496 e. The van der Waals surface area contributed by atoms with E-state index in [0.717, 1.165) is 24.4 Å². The summed E-state index contributed by atoms with van der Waals surface area (Å²) in [6.45, 7) is 3.68. The van der Waals surface area contributed by atoms with E-state index in [1.165, 1.54) is 0 Å². The number of nitrogens with zero attached hydrogens (tertiary/aromatic N) is 2. The van der Waals surface area contributed by atoms with E-state index in [0.29, 0.717) is 38.9 Å². The molecule has 1 aromatic rings. The average Bonchev–Trinajstić information content (AvgIpc) is 3.44. The Hall–Kier alpha value is -2.08. The molecule has 0 aromatic heterocycles. The topological polar surface area (TPSA) is 61.9 Å². The van der Waals surface area contributed by atoms with E-state index in [2.05, 4.69) is 17.3 Å². The fraction of sp³-hybridized carbons (Fsp3) is 0.579. The smallest absolute Gasteiger partial charge is 0.238 e. The fourth-order valence-corrected chi connectivity index (χ4v) is 3.36. The van der Waals surface area contributed by atoms with Crippen molar-refractivity contribution in [1.82, 2.24) is 15.1 Å². The molecule has 1 aromatic carbocycles. The Morgan fingerprint density at radius 1 is 1.16 bits per heavy atom. The molecule has 1 N–H and O–H groups in total. The van der Waals surface area contributed by atoms with Crippen LogP contribution in [-0.2, 0) is 16.0 Å². The molecule has 0 atom stereocenters. The predicted molar refractivity (Wildman–Crippen MR) is 95.5 cm³/mol. The zero-order valence-electron chi connectivity index (χ0n) is 15.1. The summed E-state index contributed by atoms with van der Waals surface area (Å²) in [5.41, 5.74) is 0.247. The van der Waals surface area contributed by atoms with E-state index >= 15 is 0 Å². The molecular formula is C19H27N3O3. The van der Waals surface area contributed by atoms with Crippen LogP contribution in [0.15, 0.2) is 24.3 Å². The third-order valence-electron chi connectivity index (χ3n) is 5.26. The number of methoxy groups -OCH3 is 1. The van der Waals surface area contributed by atoms with Crippen LogP contribution in [0, 0.1) is 5.41 Å². The highest BCUT2D eigenvalue weighted by atomic mass is 16.5. The van der Waals surface area contributed by atoms with Gasteiger partial charge in [0.1, 0.15) is 11.2 Å². The van der Waals surface area contributed by atoms with Gasteiger partial charge in [-0.3, -0.25) is 9.59 Å². The number of para-hydroxylation sites is 1. The number of amides is 2. The van der Waals surface area contributed by atoms with Crippen molar-refractivity contribution in [3.05, 3.63) is 29.8 Å².